The second-order valence-corrected chi connectivity index (χ2v) is 6.77. The number of ether oxygens (including phenoxy) is 1. The van der Waals surface area contributed by atoms with Gasteiger partial charge in [0.25, 0.3) is 0 Å². The average molecular weight is 406 g/mol. The number of aromatic nitrogens is 4. The minimum absolute atomic E-state index is 0.189. The monoisotopic (exact) mass is 406 g/mol. The second-order valence-electron chi connectivity index (χ2n) is 6.77. The molecule has 0 aromatic carbocycles. The number of imidazole rings is 1. The van der Waals surface area contributed by atoms with E-state index in [0.717, 1.165) is 12.3 Å². The number of nitrogens with zero attached hydrogens (tertiary/aromatic N) is 5. The van der Waals surface area contributed by atoms with E-state index < -0.39 is 23.8 Å². The van der Waals surface area contributed by atoms with E-state index in [4.69, 9.17) is 10.5 Å². The summed E-state index contributed by atoms with van der Waals surface area (Å²) in [6, 6.07) is 3.87. The van der Waals surface area contributed by atoms with Crippen LogP contribution in [0.2, 0.25) is 0 Å². The van der Waals surface area contributed by atoms with Crippen LogP contribution in [0.25, 0.3) is 17.0 Å². The molecule has 8 nitrogen and oxygen atoms in total. The van der Waals surface area contributed by atoms with Crippen LogP contribution in [-0.4, -0.2) is 50.6 Å². The molecule has 1 aliphatic heterocycles. The number of pyridine rings is 1. The van der Waals surface area contributed by atoms with E-state index >= 15 is 0 Å². The molecule has 2 N–H and O–H groups in total. The molecule has 1 amide bonds. The molecule has 4 heterocycles. The van der Waals surface area contributed by atoms with Crippen LogP contribution in [-0.2, 0) is 15.7 Å². The Morgan fingerprint density at radius 2 is 2.03 bits per heavy atom. The van der Waals surface area contributed by atoms with Crippen LogP contribution >= 0.6 is 0 Å². The highest BCUT2D eigenvalue weighted by atomic mass is 19.4. The number of morpholine rings is 1. The van der Waals surface area contributed by atoms with Crippen LogP contribution in [0.5, 0.6) is 0 Å². The molecule has 0 spiro atoms. The highest BCUT2D eigenvalue weighted by Crippen LogP contribution is 2.30. The number of amides is 1. The molecule has 0 unspecified atom stereocenters. The fourth-order valence-corrected chi connectivity index (χ4v) is 3.25. The zero-order valence-corrected chi connectivity index (χ0v) is 15.3. The molecule has 0 bridgehead atoms. The van der Waals surface area contributed by atoms with Crippen LogP contribution in [0, 0.1) is 0 Å². The van der Waals surface area contributed by atoms with E-state index in [9.17, 15) is 18.0 Å². The van der Waals surface area contributed by atoms with Gasteiger partial charge in [-0.15, -0.1) is 0 Å². The lowest BCUT2D eigenvalue weighted by Gasteiger charge is -2.35. The zero-order valence-electron chi connectivity index (χ0n) is 15.3. The van der Waals surface area contributed by atoms with Crippen molar-refractivity contribution in [2.45, 2.75) is 25.3 Å². The van der Waals surface area contributed by atoms with Crippen LogP contribution < -0.4 is 10.6 Å². The Hall–Kier alpha value is -3.21. The number of carbonyl (C=O) groups excluding carboxylic acids is 1. The fourth-order valence-electron chi connectivity index (χ4n) is 3.25. The minimum atomic E-state index is -4.47. The number of hydrogen-bond acceptors (Lipinski definition) is 6. The lowest BCUT2D eigenvalue weighted by atomic mass is 10.2. The predicted molar refractivity (Wildman–Crippen MR) is 97.0 cm³/mol. The van der Waals surface area contributed by atoms with Gasteiger partial charge in [0.05, 0.1) is 35.8 Å². The Bertz CT molecular complexity index is 1070. The van der Waals surface area contributed by atoms with Crippen molar-refractivity contribution in [1.29, 1.82) is 0 Å². The van der Waals surface area contributed by atoms with Gasteiger partial charge in [-0.2, -0.15) is 13.2 Å². The van der Waals surface area contributed by atoms with Crippen molar-refractivity contribution in [2.24, 2.45) is 5.73 Å². The number of hydrogen-bond donors (Lipinski definition) is 1. The number of carbonyl (C=O) groups is 1. The first kappa shape index (κ1) is 19.1. The third-order valence-corrected chi connectivity index (χ3v) is 4.60. The topological polar surface area (TPSA) is 98.6 Å². The fraction of sp³-hybridized carbons (Fsp3) is 0.333. The number of primary amides is 1. The first-order valence-corrected chi connectivity index (χ1v) is 8.80. The molecule has 1 aliphatic rings. The van der Waals surface area contributed by atoms with Crippen molar-refractivity contribution in [3.8, 4) is 11.4 Å². The molecule has 3 aromatic heterocycles. The van der Waals surface area contributed by atoms with Gasteiger partial charge in [0.15, 0.2) is 6.10 Å². The quantitative estimate of drug-likeness (QED) is 0.713. The third kappa shape index (κ3) is 3.73. The molecule has 11 heteroatoms. The molecule has 4 rings (SSSR count). The summed E-state index contributed by atoms with van der Waals surface area (Å²) < 4.78 is 46.1. The Kier molecular flexibility index (Phi) is 4.61. The molecular weight excluding hydrogens is 389 g/mol. The summed E-state index contributed by atoms with van der Waals surface area (Å²) in [6.07, 6.45) is -1.59. The van der Waals surface area contributed by atoms with Crippen molar-refractivity contribution >= 4 is 17.5 Å². The molecule has 0 aliphatic carbocycles. The van der Waals surface area contributed by atoms with Gasteiger partial charge < -0.3 is 15.4 Å². The smallest absolute Gasteiger partial charge is 0.367 e. The molecule has 29 heavy (non-hydrogen) atoms. The number of halogens is 3. The summed E-state index contributed by atoms with van der Waals surface area (Å²) in [4.78, 5) is 26.1. The van der Waals surface area contributed by atoms with Crippen LogP contribution in [0.15, 0.2) is 36.8 Å². The average Bonchev–Trinajstić information content (AvgIpc) is 3.10. The van der Waals surface area contributed by atoms with Crippen molar-refractivity contribution in [3.63, 3.8) is 0 Å². The first-order chi connectivity index (χ1) is 13.7. The van der Waals surface area contributed by atoms with Gasteiger partial charge in [0.1, 0.15) is 5.65 Å². The van der Waals surface area contributed by atoms with Crippen molar-refractivity contribution < 1.29 is 22.7 Å². The van der Waals surface area contributed by atoms with E-state index in [2.05, 4.69) is 15.0 Å². The molecule has 0 saturated carbocycles. The maximum absolute atomic E-state index is 13.1. The maximum atomic E-state index is 13.1. The van der Waals surface area contributed by atoms with E-state index in [1.54, 1.807) is 17.9 Å². The number of fused-ring (bicyclic) bond motifs is 1. The van der Waals surface area contributed by atoms with Gasteiger partial charge in [-0.05, 0) is 25.1 Å². The van der Waals surface area contributed by atoms with Crippen molar-refractivity contribution in [3.05, 3.63) is 42.4 Å². The largest absolute Gasteiger partial charge is 0.417 e. The summed E-state index contributed by atoms with van der Waals surface area (Å²) in [5, 5.41) is 0. The van der Waals surface area contributed by atoms with Crippen molar-refractivity contribution in [1.82, 2.24) is 19.4 Å². The van der Waals surface area contributed by atoms with Crippen LogP contribution in [0.3, 0.4) is 0 Å². The summed E-state index contributed by atoms with van der Waals surface area (Å²) in [7, 11) is 0. The van der Waals surface area contributed by atoms with Gasteiger partial charge >= 0.3 is 6.18 Å². The Balaban J connectivity index is 1.71. The third-order valence-electron chi connectivity index (χ3n) is 4.60. The van der Waals surface area contributed by atoms with E-state index in [-0.39, 0.29) is 12.6 Å². The molecular formula is C18H17F3N6O2. The van der Waals surface area contributed by atoms with E-state index in [0.29, 0.717) is 29.5 Å². The van der Waals surface area contributed by atoms with Gasteiger partial charge in [-0.1, -0.05) is 0 Å². The molecule has 1 saturated heterocycles. The molecule has 0 radical (unpaired) electrons. The Morgan fingerprint density at radius 1 is 1.24 bits per heavy atom. The van der Waals surface area contributed by atoms with Gasteiger partial charge in [-0.25, -0.2) is 15.0 Å². The van der Waals surface area contributed by atoms with Gasteiger partial charge in [0, 0.05) is 18.9 Å². The highest BCUT2D eigenvalue weighted by molar-refractivity contribution is 5.79. The number of nitrogens with two attached hydrogens (primary N) is 1. The van der Waals surface area contributed by atoms with Gasteiger partial charge in [-0.3, -0.25) is 9.20 Å². The number of anilines is 1. The minimum Gasteiger partial charge on any atom is -0.367 e. The first-order valence-electron chi connectivity index (χ1n) is 8.80. The molecule has 3 aromatic rings. The number of alkyl halides is 3. The van der Waals surface area contributed by atoms with Crippen molar-refractivity contribution in [2.75, 3.05) is 18.0 Å². The normalized spacial score (nSPS) is 20.2. The van der Waals surface area contributed by atoms with Gasteiger partial charge in [0.2, 0.25) is 11.9 Å². The lowest BCUT2D eigenvalue weighted by molar-refractivity contribution is -0.138. The summed E-state index contributed by atoms with van der Waals surface area (Å²) in [6.45, 7) is 2.43. The second kappa shape index (κ2) is 6.99. The van der Waals surface area contributed by atoms with Crippen LogP contribution in [0.4, 0.5) is 19.1 Å². The highest BCUT2D eigenvalue weighted by Gasteiger charge is 2.32. The molecule has 2 atom stereocenters. The SMILES string of the molecule is C[C@@H]1CN(c2nccc(-c3cnc4ccc(C(F)(F)F)cn34)n2)C[C@H](C(N)=O)O1. The Labute approximate surface area is 163 Å². The molecule has 152 valence electrons. The maximum Gasteiger partial charge on any atom is 0.417 e. The summed E-state index contributed by atoms with van der Waals surface area (Å²) in [5.41, 5.74) is 5.72. The van der Waals surface area contributed by atoms with E-state index in [1.165, 1.54) is 22.9 Å². The lowest BCUT2D eigenvalue weighted by Crippen LogP contribution is -2.52. The molecule has 1 fully saturated rings. The predicted octanol–water partition coefficient (Wildman–Crippen LogP) is 1.89. The summed E-state index contributed by atoms with van der Waals surface area (Å²) in [5.74, 6) is -0.259. The van der Waals surface area contributed by atoms with E-state index in [1.807, 2.05) is 0 Å². The zero-order chi connectivity index (χ0) is 20.8. The summed E-state index contributed by atoms with van der Waals surface area (Å²) >= 11 is 0. The standard InChI is InChI=1S/C18H17F3N6O2/c1-10-7-26(9-14(29-10)16(22)28)17-23-5-4-12(25-17)13-6-24-15-3-2-11(8-27(13)15)18(19,20)21/h2-6,8,10,14H,7,9H2,1H3,(H2,22,28)/t10-,14-/m1/s1. The Morgan fingerprint density at radius 3 is 2.76 bits per heavy atom. The van der Waals surface area contributed by atoms with Crippen LogP contribution in [0.1, 0.15) is 12.5 Å². The number of rotatable bonds is 3.